The first-order valence-corrected chi connectivity index (χ1v) is 10.4. The van der Waals surface area contributed by atoms with E-state index in [1.807, 2.05) is 48.7 Å². The maximum absolute atomic E-state index is 12.9. The molecule has 0 saturated carbocycles. The SMILES string of the molecule is C=CCN(Cc1csc(COc2ccc(C)c(C)c2)n1)C(=O)c1ccc(C)cc1. The number of aryl methyl sites for hydroxylation is 3. The second kappa shape index (κ2) is 9.52. The molecule has 0 N–H and O–H groups in total. The van der Waals surface area contributed by atoms with Crippen molar-refractivity contribution in [2.24, 2.45) is 0 Å². The molecule has 0 atom stereocenters. The summed E-state index contributed by atoms with van der Waals surface area (Å²) in [7, 11) is 0. The van der Waals surface area contributed by atoms with Crippen LogP contribution >= 0.6 is 11.3 Å². The predicted molar refractivity (Wildman–Crippen MR) is 118 cm³/mol. The number of carbonyl (C=O) groups excluding carboxylic acids is 1. The summed E-state index contributed by atoms with van der Waals surface area (Å²) in [5.74, 6) is 0.818. The van der Waals surface area contributed by atoms with E-state index in [0.29, 0.717) is 25.3 Å². The number of rotatable bonds is 8. The number of hydrogen-bond acceptors (Lipinski definition) is 4. The van der Waals surface area contributed by atoms with E-state index in [4.69, 9.17) is 4.74 Å². The molecule has 1 heterocycles. The average Bonchev–Trinajstić information content (AvgIpc) is 3.16. The summed E-state index contributed by atoms with van der Waals surface area (Å²) in [5.41, 5.74) is 5.11. The molecule has 2 aromatic carbocycles. The van der Waals surface area contributed by atoms with Crippen LogP contribution in [0.25, 0.3) is 0 Å². The Balaban J connectivity index is 1.64. The zero-order valence-corrected chi connectivity index (χ0v) is 18.0. The molecule has 1 amide bonds. The molecule has 0 aliphatic heterocycles. The Morgan fingerprint density at radius 3 is 2.59 bits per heavy atom. The summed E-state index contributed by atoms with van der Waals surface area (Å²) in [6.07, 6.45) is 1.74. The molecule has 0 aliphatic carbocycles. The fourth-order valence-electron chi connectivity index (χ4n) is 2.89. The predicted octanol–water partition coefficient (Wildman–Crippen LogP) is 5.48. The average molecular weight is 407 g/mol. The fraction of sp³-hybridized carbons (Fsp3) is 0.250. The number of ether oxygens (including phenoxy) is 1. The Hall–Kier alpha value is -2.92. The summed E-state index contributed by atoms with van der Waals surface area (Å²) in [4.78, 5) is 19.2. The van der Waals surface area contributed by atoms with Gasteiger partial charge in [0.1, 0.15) is 17.4 Å². The lowest BCUT2D eigenvalue weighted by Gasteiger charge is -2.20. The van der Waals surface area contributed by atoms with Crippen LogP contribution in [0, 0.1) is 20.8 Å². The van der Waals surface area contributed by atoms with Gasteiger partial charge in [-0.2, -0.15) is 0 Å². The van der Waals surface area contributed by atoms with Crippen molar-refractivity contribution >= 4 is 17.2 Å². The first-order valence-electron chi connectivity index (χ1n) is 9.56. The number of nitrogens with zero attached hydrogens (tertiary/aromatic N) is 2. The molecular formula is C24H26N2O2S. The Bertz CT molecular complexity index is 992. The van der Waals surface area contributed by atoms with Crippen LogP contribution in [0.15, 0.2) is 60.5 Å². The van der Waals surface area contributed by atoms with Crippen LogP contribution < -0.4 is 4.74 Å². The van der Waals surface area contributed by atoms with Gasteiger partial charge >= 0.3 is 0 Å². The molecule has 5 heteroatoms. The number of aromatic nitrogens is 1. The molecule has 0 saturated heterocycles. The Kier molecular flexibility index (Phi) is 6.83. The topological polar surface area (TPSA) is 42.4 Å². The third kappa shape index (κ3) is 5.55. The van der Waals surface area contributed by atoms with Crippen LogP contribution in [-0.4, -0.2) is 22.3 Å². The first kappa shape index (κ1) is 20.8. The highest BCUT2D eigenvalue weighted by atomic mass is 32.1. The van der Waals surface area contributed by atoms with Crippen molar-refractivity contribution in [2.75, 3.05) is 6.54 Å². The highest BCUT2D eigenvalue weighted by Crippen LogP contribution is 2.20. The van der Waals surface area contributed by atoms with Gasteiger partial charge in [-0.1, -0.05) is 29.8 Å². The second-order valence-electron chi connectivity index (χ2n) is 7.11. The molecule has 0 unspecified atom stereocenters. The van der Waals surface area contributed by atoms with Crippen LogP contribution in [0.3, 0.4) is 0 Å². The smallest absolute Gasteiger partial charge is 0.254 e. The molecule has 3 rings (SSSR count). The van der Waals surface area contributed by atoms with Crippen molar-refractivity contribution in [3.63, 3.8) is 0 Å². The van der Waals surface area contributed by atoms with E-state index in [-0.39, 0.29) is 5.91 Å². The third-order valence-electron chi connectivity index (χ3n) is 4.73. The van der Waals surface area contributed by atoms with Crippen molar-refractivity contribution in [1.82, 2.24) is 9.88 Å². The van der Waals surface area contributed by atoms with E-state index in [2.05, 4.69) is 31.5 Å². The summed E-state index contributed by atoms with van der Waals surface area (Å²) in [5, 5.41) is 2.87. The van der Waals surface area contributed by atoms with Crippen molar-refractivity contribution < 1.29 is 9.53 Å². The molecular weight excluding hydrogens is 380 g/mol. The highest BCUT2D eigenvalue weighted by Gasteiger charge is 2.16. The maximum atomic E-state index is 12.9. The van der Waals surface area contributed by atoms with Gasteiger partial charge in [0.2, 0.25) is 0 Å². The van der Waals surface area contributed by atoms with E-state index in [1.54, 1.807) is 22.3 Å². The zero-order valence-electron chi connectivity index (χ0n) is 17.1. The van der Waals surface area contributed by atoms with E-state index in [1.165, 1.54) is 11.1 Å². The Morgan fingerprint density at radius 1 is 1.14 bits per heavy atom. The van der Waals surface area contributed by atoms with Gasteiger partial charge in [0.05, 0.1) is 12.2 Å². The van der Waals surface area contributed by atoms with Gasteiger partial charge in [-0.15, -0.1) is 17.9 Å². The largest absolute Gasteiger partial charge is 0.486 e. The van der Waals surface area contributed by atoms with E-state index in [9.17, 15) is 4.79 Å². The molecule has 4 nitrogen and oxygen atoms in total. The van der Waals surface area contributed by atoms with Crippen molar-refractivity contribution in [1.29, 1.82) is 0 Å². The van der Waals surface area contributed by atoms with Gasteiger partial charge in [-0.05, 0) is 56.2 Å². The monoisotopic (exact) mass is 406 g/mol. The fourth-order valence-corrected chi connectivity index (χ4v) is 3.58. The minimum atomic E-state index is -0.0224. The Morgan fingerprint density at radius 2 is 1.90 bits per heavy atom. The molecule has 3 aromatic rings. The van der Waals surface area contributed by atoms with Gasteiger partial charge < -0.3 is 9.64 Å². The normalized spacial score (nSPS) is 10.6. The number of carbonyl (C=O) groups is 1. The van der Waals surface area contributed by atoms with Crippen molar-refractivity contribution in [2.45, 2.75) is 33.9 Å². The summed E-state index contributed by atoms with van der Waals surface area (Å²) >= 11 is 1.55. The molecule has 0 aliphatic rings. The van der Waals surface area contributed by atoms with Crippen LogP contribution in [-0.2, 0) is 13.2 Å². The third-order valence-corrected chi connectivity index (χ3v) is 5.60. The zero-order chi connectivity index (χ0) is 20.8. The molecule has 0 fully saturated rings. The van der Waals surface area contributed by atoms with E-state index in [0.717, 1.165) is 22.0 Å². The standard InChI is InChI=1S/C24H26N2O2S/c1-5-12-26(24(27)20-9-6-17(2)7-10-20)14-21-16-29-23(25-21)15-28-22-11-8-18(3)19(4)13-22/h5-11,13,16H,1,12,14-15H2,2-4H3. The van der Waals surface area contributed by atoms with Gasteiger partial charge in [0.25, 0.3) is 5.91 Å². The molecule has 0 bridgehead atoms. The minimum Gasteiger partial charge on any atom is -0.486 e. The van der Waals surface area contributed by atoms with Crippen LogP contribution in [0.2, 0.25) is 0 Å². The van der Waals surface area contributed by atoms with Crippen molar-refractivity contribution in [3.05, 3.63) is 93.5 Å². The molecule has 0 spiro atoms. The van der Waals surface area contributed by atoms with Crippen molar-refractivity contribution in [3.8, 4) is 5.75 Å². The van der Waals surface area contributed by atoms with Crippen LogP contribution in [0.1, 0.15) is 37.7 Å². The lowest BCUT2D eigenvalue weighted by atomic mass is 10.1. The van der Waals surface area contributed by atoms with E-state index >= 15 is 0 Å². The van der Waals surface area contributed by atoms with Gasteiger partial charge in [-0.3, -0.25) is 4.79 Å². The number of amides is 1. The number of thiazole rings is 1. The molecule has 1 aromatic heterocycles. The Labute approximate surface area is 176 Å². The first-order chi connectivity index (χ1) is 14.0. The molecule has 0 radical (unpaired) electrons. The summed E-state index contributed by atoms with van der Waals surface area (Å²) in [6, 6.07) is 13.7. The number of hydrogen-bond donors (Lipinski definition) is 0. The molecule has 150 valence electrons. The van der Waals surface area contributed by atoms with Crippen LogP contribution in [0.5, 0.6) is 5.75 Å². The van der Waals surface area contributed by atoms with Gasteiger partial charge in [0, 0.05) is 17.5 Å². The molecule has 29 heavy (non-hydrogen) atoms. The summed E-state index contributed by atoms with van der Waals surface area (Å²) in [6.45, 7) is 11.3. The minimum absolute atomic E-state index is 0.0224. The summed E-state index contributed by atoms with van der Waals surface area (Å²) < 4.78 is 5.87. The van der Waals surface area contributed by atoms with Crippen LogP contribution in [0.4, 0.5) is 0 Å². The van der Waals surface area contributed by atoms with Gasteiger partial charge in [0.15, 0.2) is 0 Å². The quantitative estimate of drug-likeness (QED) is 0.466. The highest BCUT2D eigenvalue weighted by molar-refractivity contribution is 7.09. The second-order valence-corrected chi connectivity index (χ2v) is 8.05. The maximum Gasteiger partial charge on any atom is 0.254 e. The lowest BCUT2D eigenvalue weighted by Crippen LogP contribution is -2.30. The number of benzene rings is 2. The van der Waals surface area contributed by atoms with E-state index < -0.39 is 0 Å². The van der Waals surface area contributed by atoms with Gasteiger partial charge in [-0.25, -0.2) is 4.98 Å². The lowest BCUT2D eigenvalue weighted by molar-refractivity contribution is 0.0761.